The number of halogens is 2. The maximum atomic E-state index is 13.8. The second kappa shape index (κ2) is 8.09. The highest BCUT2D eigenvalue weighted by molar-refractivity contribution is 7.58. The Hall–Kier alpha value is -1.30. The van der Waals surface area contributed by atoms with E-state index in [4.69, 9.17) is 37.0 Å². The third-order valence-electron chi connectivity index (χ3n) is 4.97. The molecule has 1 saturated heterocycles. The average molecular weight is 460 g/mol. The van der Waals surface area contributed by atoms with Crippen LogP contribution in [0.2, 0.25) is 10.0 Å². The smallest absolute Gasteiger partial charge is 0.360 e. The van der Waals surface area contributed by atoms with Crippen LogP contribution in [-0.2, 0) is 23.1 Å². The van der Waals surface area contributed by atoms with Crippen molar-refractivity contribution >= 4 is 36.8 Å². The fraction of sp³-hybridized carbons (Fsp3) is 0.450. The number of hydrogen-bond acceptors (Lipinski definition) is 6. The van der Waals surface area contributed by atoms with Crippen molar-refractivity contribution in [3.63, 3.8) is 0 Å². The van der Waals surface area contributed by atoms with Crippen LogP contribution in [0.4, 0.5) is 0 Å². The molecule has 0 radical (unpaired) electrons. The standard InChI is InChI=1S/C20H24Cl2NO5P/c1-11-15(19(24)26-5)16(13-7-6-8-14(21)17(13)22)18(12(2)23-11)29(25)27-9-20(3,4)10-28-29/h6-8,16,23H,9-10H2,1-5H3. The van der Waals surface area contributed by atoms with Gasteiger partial charge in [0.25, 0.3) is 0 Å². The Balaban J connectivity index is 2.22. The molecule has 1 aromatic rings. The topological polar surface area (TPSA) is 73.9 Å². The van der Waals surface area contributed by atoms with Gasteiger partial charge in [-0.2, -0.15) is 0 Å². The van der Waals surface area contributed by atoms with Crippen LogP contribution in [0.5, 0.6) is 0 Å². The van der Waals surface area contributed by atoms with Gasteiger partial charge in [-0.15, -0.1) is 0 Å². The van der Waals surface area contributed by atoms with Crippen molar-refractivity contribution in [1.29, 1.82) is 0 Å². The molecule has 6 nitrogen and oxygen atoms in total. The maximum absolute atomic E-state index is 13.8. The van der Waals surface area contributed by atoms with Gasteiger partial charge in [0.2, 0.25) is 0 Å². The molecular formula is C20H24Cl2NO5P. The van der Waals surface area contributed by atoms with Crippen molar-refractivity contribution in [3.8, 4) is 0 Å². The monoisotopic (exact) mass is 459 g/mol. The van der Waals surface area contributed by atoms with Gasteiger partial charge in [0.15, 0.2) is 0 Å². The minimum Gasteiger partial charge on any atom is -0.466 e. The fourth-order valence-corrected chi connectivity index (χ4v) is 6.37. The van der Waals surface area contributed by atoms with Gasteiger partial charge in [-0.1, -0.05) is 49.2 Å². The van der Waals surface area contributed by atoms with Gasteiger partial charge in [0, 0.05) is 16.8 Å². The van der Waals surface area contributed by atoms with Crippen molar-refractivity contribution in [3.05, 3.63) is 56.1 Å². The molecule has 2 heterocycles. The molecule has 0 bridgehead atoms. The zero-order chi connectivity index (χ0) is 21.6. The van der Waals surface area contributed by atoms with Gasteiger partial charge in [0.1, 0.15) is 0 Å². The van der Waals surface area contributed by atoms with E-state index in [1.807, 2.05) is 13.8 Å². The molecule has 0 aromatic heterocycles. The number of ether oxygens (including phenoxy) is 1. The van der Waals surface area contributed by atoms with Crippen LogP contribution in [-0.4, -0.2) is 26.3 Å². The summed E-state index contributed by atoms with van der Waals surface area (Å²) in [5.41, 5.74) is 1.69. The van der Waals surface area contributed by atoms with E-state index in [0.717, 1.165) is 0 Å². The van der Waals surface area contributed by atoms with Crippen LogP contribution < -0.4 is 5.32 Å². The first-order valence-corrected chi connectivity index (χ1v) is 11.4. The SMILES string of the molecule is COC(=O)C1=C(C)NC(C)=C(P2(=O)OCC(C)(C)CO2)C1c1cccc(Cl)c1Cl. The van der Waals surface area contributed by atoms with Gasteiger partial charge in [-0.25, -0.2) is 4.79 Å². The Kier molecular flexibility index (Phi) is 6.24. The van der Waals surface area contributed by atoms with E-state index in [9.17, 15) is 9.36 Å². The molecule has 0 spiro atoms. The lowest BCUT2D eigenvalue weighted by Gasteiger charge is -2.39. The van der Waals surface area contributed by atoms with Crippen molar-refractivity contribution < 1.29 is 23.1 Å². The van der Waals surface area contributed by atoms with Gasteiger partial charge in [-0.3, -0.25) is 4.57 Å². The molecule has 2 aliphatic heterocycles. The van der Waals surface area contributed by atoms with Gasteiger partial charge >= 0.3 is 13.6 Å². The number of dihydropyridines is 1. The average Bonchev–Trinajstić information content (AvgIpc) is 2.65. The van der Waals surface area contributed by atoms with Crippen LogP contribution in [0.15, 0.2) is 40.5 Å². The van der Waals surface area contributed by atoms with Crippen LogP contribution in [0, 0.1) is 5.41 Å². The quantitative estimate of drug-likeness (QED) is 0.466. The molecule has 29 heavy (non-hydrogen) atoms. The van der Waals surface area contributed by atoms with E-state index in [-0.39, 0.29) is 29.2 Å². The largest absolute Gasteiger partial charge is 0.466 e. The Morgan fingerprint density at radius 3 is 2.41 bits per heavy atom. The van der Waals surface area contributed by atoms with Crippen molar-refractivity contribution in [1.82, 2.24) is 5.32 Å². The summed E-state index contributed by atoms with van der Waals surface area (Å²) < 4.78 is 30.4. The molecule has 2 aliphatic rings. The lowest BCUT2D eigenvalue weighted by Crippen LogP contribution is -2.34. The summed E-state index contributed by atoms with van der Waals surface area (Å²) in [6, 6.07) is 5.12. The Morgan fingerprint density at radius 2 is 1.83 bits per heavy atom. The maximum Gasteiger partial charge on any atom is 0.360 e. The highest BCUT2D eigenvalue weighted by Gasteiger charge is 2.48. The number of carbonyl (C=O) groups excluding carboxylic acids is 1. The second-order valence-corrected chi connectivity index (χ2v) is 10.7. The number of rotatable bonds is 3. The number of benzene rings is 1. The van der Waals surface area contributed by atoms with E-state index < -0.39 is 19.5 Å². The molecule has 1 unspecified atom stereocenters. The first-order valence-electron chi connectivity index (χ1n) is 9.11. The third-order valence-corrected chi connectivity index (χ3v) is 7.92. The summed E-state index contributed by atoms with van der Waals surface area (Å²) in [6.45, 7) is 7.96. The summed E-state index contributed by atoms with van der Waals surface area (Å²) in [5, 5.41) is 4.05. The van der Waals surface area contributed by atoms with E-state index in [2.05, 4.69) is 5.32 Å². The predicted octanol–water partition coefficient (Wildman–Crippen LogP) is 5.62. The molecular weight excluding hydrogens is 436 g/mol. The lowest BCUT2D eigenvalue weighted by molar-refractivity contribution is -0.136. The van der Waals surface area contributed by atoms with E-state index in [1.165, 1.54) is 7.11 Å². The molecule has 1 atom stereocenters. The molecule has 1 fully saturated rings. The van der Waals surface area contributed by atoms with Crippen LogP contribution in [0.25, 0.3) is 0 Å². The number of esters is 1. The summed E-state index contributed by atoms with van der Waals surface area (Å²) in [6.07, 6.45) is 0. The molecule has 0 aliphatic carbocycles. The lowest BCUT2D eigenvalue weighted by atomic mass is 9.86. The third kappa shape index (κ3) is 4.14. The van der Waals surface area contributed by atoms with Crippen molar-refractivity contribution in [2.75, 3.05) is 20.3 Å². The molecule has 0 amide bonds. The van der Waals surface area contributed by atoms with Gasteiger partial charge < -0.3 is 19.1 Å². The normalized spacial score (nSPS) is 23.6. The Labute approximate surface area is 180 Å². The van der Waals surface area contributed by atoms with Crippen LogP contribution in [0.1, 0.15) is 39.2 Å². The Morgan fingerprint density at radius 1 is 1.21 bits per heavy atom. The summed E-state index contributed by atoms with van der Waals surface area (Å²) >= 11 is 12.8. The first kappa shape index (κ1) is 22.4. The second-order valence-electron chi connectivity index (χ2n) is 7.95. The Bertz CT molecular complexity index is 956. The van der Waals surface area contributed by atoms with Crippen molar-refractivity contribution in [2.24, 2.45) is 5.41 Å². The number of nitrogens with one attached hydrogen (secondary N) is 1. The molecule has 1 aromatic carbocycles. The summed E-state index contributed by atoms with van der Waals surface area (Å²) in [4.78, 5) is 12.7. The molecule has 9 heteroatoms. The van der Waals surface area contributed by atoms with Crippen LogP contribution >= 0.6 is 30.8 Å². The molecule has 3 rings (SSSR count). The minimum atomic E-state index is -3.72. The van der Waals surface area contributed by atoms with Gasteiger partial charge in [-0.05, 0) is 25.5 Å². The zero-order valence-corrected chi connectivity index (χ0v) is 19.4. The highest BCUT2D eigenvalue weighted by Crippen LogP contribution is 2.67. The number of carbonyl (C=O) groups is 1. The van der Waals surface area contributed by atoms with Gasteiger partial charge in [0.05, 0.1) is 47.2 Å². The van der Waals surface area contributed by atoms with Crippen molar-refractivity contribution in [2.45, 2.75) is 33.6 Å². The van der Waals surface area contributed by atoms with E-state index in [1.54, 1.807) is 32.0 Å². The minimum absolute atomic E-state index is 0.257. The van der Waals surface area contributed by atoms with E-state index in [0.29, 0.717) is 27.3 Å². The summed E-state index contributed by atoms with van der Waals surface area (Å²) in [7, 11) is -2.43. The molecule has 1 N–H and O–H groups in total. The first-order chi connectivity index (χ1) is 13.5. The molecule has 0 saturated carbocycles. The highest BCUT2D eigenvalue weighted by atomic mass is 35.5. The van der Waals surface area contributed by atoms with Crippen LogP contribution in [0.3, 0.4) is 0 Å². The molecule has 158 valence electrons. The number of methoxy groups -OCH3 is 1. The zero-order valence-electron chi connectivity index (χ0n) is 17.0. The number of hydrogen-bond donors (Lipinski definition) is 1. The fourth-order valence-electron chi connectivity index (χ4n) is 3.51. The number of allylic oxidation sites excluding steroid dienone is 3. The predicted molar refractivity (Wildman–Crippen MR) is 113 cm³/mol. The van der Waals surface area contributed by atoms with E-state index >= 15 is 0 Å². The summed E-state index contributed by atoms with van der Waals surface area (Å²) in [5.74, 6) is -1.35.